The van der Waals surface area contributed by atoms with Crippen molar-refractivity contribution in [1.29, 1.82) is 0 Å². The van der Waals surface area contributed by atoms with Gasteiger partial charge >= 0.3 is 12.3 Å². The molecule has 0 radical (unpaired) electrons. The summed E-state index contributed by atoms with van der Waals surface area (Å²) in [5.74, 6) is -0.358. The maximum Gasteiger partial charge on any atom is 0.410 e. The number of halogens is 4. The third-order valence-electron chi connectivity index (χ3n) is 5.77. The summed E-state index contributed by atoms with van der Waals surface area (Å²) in [7, 11) is 0. The van der Waals surface area contributed by atoms with Crippen molar-refractivity contribution in [3.63, 3.8) is 0 Å². The van der Waals surface area contributed by atoms with E-state index in [1.54, 1.807) is 31.2 Å². The van der Waals surface area contributed by atoms with E-state index in [4.69, 9.17) is 16.3 Å². The van der Waals surface area contributed by atoms with Gasteiger partial charge in [-0.05, 0) is 24.6 Å². The number of aromatic nitrogens is 2. The Morgan fingerprint density at radius 2 is 1.79 bits per heavy atom. The Labute approximate surface area is 193 Å². The fraction of sp³-hybridized carbons (Fsp3) is 0.476. The molecule has 1 aromatic carbocycles. The Morgan fingerprint density at radius 3 is 2.39 bits per heavy atom. The predicted molar refractivity (Wildman–Crippen MR) is 114 cm³/mol. The number of piperazine rings is 1. The third-order valence-corrected chi connectivity index (χ3v) is 6.03. The van der Waals surface area contributed by atoms with Gasteiger partial charge in [-0.1, -0.05) is 23.7 Å². The van der Waals surface area contributed by atoms with Crippen molar-refractivity contribution in [2.75, 3.05) is 38.1 Å². The summed E-state index contributed by atoms with van der Waals surface area (Å²) in [5, 5.41) is 7.57. The Morgan fingerprint density at radius 1 is 1.15 bits per heavy atom. The molecule has 2 aliphatic rings. The fourth-order valence-corrected chi connectivity index (χ4v) is 4.19. The minimum atomic E-state index is -4.54. The first-order chi connectivity index (χ1) is 15.7. The number of alkyl halides is 3. The van der Waals surface area contributed by atoms with Crippen molar-refractivity contribution in [3.05, 3.63) is 46.6 Å². The van der Waals surface area contributed by atoms with Gasteiger partial charge < -0.3 is 19.9 Å². The van der Waals surface area contributed by atoms with Gasteiger partial charge in [0.2, 0.25) is 0 Å². The van der Waals surface area contributed by atoms with Crippen LogP contribution in [-0.4, -0.2) is 70.5 Å². The lowest BCUT2D eigenvalue weighted by Crippen LogP contribution is -2.50. The van der Waals surface area contributed by atoms with Gasteiger partial charge in [-0.2, -0.15) is 18.3 Å². The van der Waals surface area contributed by atoms with Gasteiger partial charge in [0, 0.05) is 43.7 Å². The first-order valence-corrected chi connectivity index (χ1v) is 10.9. The lowest BCUT2D eigenvalue weighted by Gasteiger charge is -2.33. The van der Waals surface area contributed by atoms with Crippen LogP contribution in [0.25, 0.3) is 0 Å². The Bertz CT molecular complexity index is 1020. The molecule has 4 rings (SSSR count). The molecule has 2 amide bonds. The molecule has 0 aliphatic carbocycles. The lowest BCUT2D eigenvalue weighted by molar-refractivity contribution is -0.173. The molecule has 1 fully saturated rings. The van der Waals surface area contributed by atoms with Gasteiger partial charge in [-0.25, -0.2) is 9.48 Å². The van der Waals surface area contributed by atoms with Crippen molar-refractivity contribution in [1.82, 2.24) is 19.6 Å². The molecule has 0 bridgehead atoms. The first-order valence-electron chi connectivity index (χ1n) is 10.6. The number of carbonyl (C=O) groups is 2. The van der Waals surface area contributed by atoms with Gasteiger partial charge in [0.05, 0.1) is 12.6 Å². The molecule has 8 nitrogen and oxygen atoms in total. The second kappa shape index (κ2) is 9.12. The van der Waals surface area contributed by atoms with Gasteiger partial charge in [0.15, 0.2) is 11.7 Å². The highest BCUT2D eigenvalue weighted by Crippen LogP contribution is 2.43. The number of fused-ring (bicyclic) bond motifs is 1. The molecule has 3 heterocycles. The monoisotopic (exact) mass is 485 g/mol. The number of benzene rings is 1. The summed E-state index contributed by atoms with van der Waals surface area (Å²) in [6, 6.07) is 5.45. The normalized spacial score (nSPS) is 20.8. The Balaban J connectivity index is 1.53. The second-order valence-corrected chi connectivity index (χ2v) is 8.32. The van der Waals surface area contributed by atoms with Crippen LogP contribution < -0.4 is 5.32 Å². The maximum absolute atomic E-state index is 13.9. The molecule has 0 unspecified atom stereocenters. The summed E-state index contributed by atoms with van der Waals surface area (Å²) in [5.41, 5.74) is 0.581. The van der Waals surface area contributed by atoms with E-state index in [0.29, 0.717) is 10.6 Å². The average molecular weight is 486 g/mol. The first kappa shape index (κ1) is 23.2. The van der Waals surface area contributed by atoms with Crippen molar-refractivity contribution in [2.24, 2.45) is 0 Å². The highest BCUT2D eigenvalue weighted by molar-refractivity contribution is 6.30. The number of rotatable bonds is 3. The van der Waals surface area contributed by atoms with Crippen molar-refractivity contribution in [3.8, 4) is 0 Å². The van der Waals surface area contributed by atoms with Gasteiger partial charge in [-0.3, -0.25) is 4.79 Å². The quantitative estimate of drug-likeness (QED) is 0.707. The molecule has 2 aromatic rings. The zero-order valence-corrected chi connectivity index (χ0v) is 18.6. The molecule has 12 heteroatoms. The van der Waals surface area contributed by atoms with E-state index in [1.165, 1.54) is 15.9 Å². The van der Waals surface area contributed by atoms with E-state index < -0.39 is 30.3 Å². The van der Waals surface area contributed by atoms with E-state index in [9.17, 15) is 22.8 Å². The number of anilines is 1. The largest absolute Gasteiger partial charge is 0.450 e. The number of amides is 2. The van der Waals surface area contributed by atoms with E-state index >= 15 is 0 Å². The fourth-order valence-electron chi connectivity index (χ4n) is 4.06. The average Bonchev–Trinajstić information content (AvgIpc) is 3.22. The standard InChI is InChI=1S/C21H23ClF3N5O3/c1-2-33-20(32)29-9-7-28(8-10-29)19(31)16-12-18-26-15(13-3-5-14(22)6-4-13)11-17(21(23,24)25)30(18)27-16/h3-6,12,15,17,26H,2,7-11H2,1H3/t15-,17-/m1/s1. The predicted octanol–water partition coefficient (Wildman–Crippen LogP) is 4.11. The van der Waals surface area contributed by atoms with Crippen molar-refractivity contribution >= 4 is 29.4 Å². The van der Waals surface area contributed by atoms with Gasteiger partial charge in [0.25, 0.3) is 5.91 Å². The van der Waals surface area contributed by atoms with E-state index in [-0.39, 0.29) is 50.7 Å². The molecule has 1 saturated heterocycles. The minimum absolute atomic E-state index is 0.0758. The Kier molecular flexibility index (Phi) is 6.42. The SMILES string of the molecule is CCOC(=O)N1CCN(C(=O)c2cc3n(n2)[C@@H](C(F)(F)F)C[C@H](c2ccc(Cl)cc2)N3)CC1. The molecule has 178 valence electrons. The number of nitrogens with zero attached hydrogens (tertiary/aromatic N) is 4. The van der Waals surface area contributed by atoms with Crippen LogP contribution in [0.15, 0.2) is 30.3 Å². The topological polar surface area (TPSA) is 79.7 Å². The molecule has 2 atom stereocenters. The van der Waals surface area contributed by atoms with Crippen LogP contribution in [0.5, 0.6) is 0 Å². The number of carbonyl (C=O) groups excluding carboxylic acids is 2. The van der Waals surface area contributed by atoms with E-state index in [0.717, 1.165) is 4.68 Å². The third kappa shape index (κ3) is 4.87. The van der Waals surface area contributed by atoms with Crippen LogP contribution in [0, 0.1) is 0 Å². The Hall–Kier alpha value is -2.95. The molecule has 0 saturated carbocycles. The second-order valence-electron chi connectivity index (χ2n) is 7.88. The molecule has 0 spiro atoms. The molecule has 2 aliphatic heterocycles. The zero-order valence-electron chi connectivity index (χ0n) is 17.8. The van der Waals surface area contributed by atoms with Crippen LogP contribution in [0.1, 0.15) is 41.5 Å². The number of hydrogen-bond acceptors (Lipinski definition) is 5. The van der Waals surface area contributed by atoms with E-state index in [1.807, 2.05) is 0 Å². The molecular formula is C21H23ClF3N5O3. The number of hydrogen-bond donors (Lipinski definition) is 1. The lowest BCUT2D eigenvalue weighted by atomic mass is 9.97. The maximum atomic E-state index is 13.9. The van der Waals surface area contributed by atoms with Gasteiger partial charge in [-0.15, -0.1) is 0 Å². The van der Waals surface area contributed by atoms with Crippen molar-refractivity contribution in [2.45, 2.75) is 31.6 Å². The van der Waals surface area contributed by atoms with Crippen molar-refractivity contribution < 1.29 is 27.5 Å². The minimum Gasteiger partial charge on any atom is -0.450 e. The summed E-state index contributed by atoms with van der Waals surface area (Å²) >= 11 is 5.90. The summed E-state index contributed by atoms with van der Waals surface area (Å²) in [4.78, 5) is 27.8. The van der Waals surface area contributed by atoms with E-state index in [2.05, 4.69) is 10.4 Å². The van der Waals surface area contributed by atoms with Crippen LogP contribution in [0.2, 0.25) is 5.02 Å². The van der Waals surface area contributed by atoms with Crippen LogP contribution in [0.4, 0.5) is 23.8 Å². The smallest absolute Gasteiger partial charge is 0.410 e. The molecular weight excluding hydrogens is 463 g/mol. The summed E-state index contributed by atoms with van der Waals surface area (Å²) in [6.07, 6.45) is -5.27. The number of ether oxygens (including phenoxy) is 1. The van der Waals surface area contributed by atoms with Gasteiger partial charge in [0.1, 0.15) is 5.82 Å². The molecule has 1 N–H and O–H groups in total. The van der Waals surface area contributed by atoms with Crippen LogP contribution in [-0.2, 0) is 4.74 Å². The number of nitrogens with one attached hydrogen (secondary N) is 1. The molecule has 1 aromatic heterocycles. The summed E-state index contributed by atoms with van der Waals surface area (Å²) < 4.78 is 47.4. The summed E-state index contributed by atoms with van der Waals surface area (Å²) in [6.45, 7) is 2.99. The van der Waals surface area contributed by atoms with Crippen LogP contribution in [0.3, 0.4) is 0 Å². The van der Waals surface area contributed by atoms with Crippen LogP contribution >= 0.6 is 11.6 Å². The molecule has 33 heavy (non-hydrogen) atoms. The highest BCUT2D eigenvalue weighted by atomic mass is 35.5. The highest BCUT2D eigenvalue weighted by Gasteiger charge is 2.47. The zero-order chi connectivity index (χ0) is 23.8.